The van der Waals surface area contributed by atoms with Crippen molar-refractivity contribution in [2.24, 2.45) is 46.4 Å². The molecule has 36 N–H and O–H groups in total. The average Bonchev–Trinajstić information content (AvgIpc) is 1.07. The number of amides is 18. The summed E-state index contributed by atoms with van der Waals surface area (Å²) in [6.45, 7) is 4.66. The van der Waals surface area contributed by atoms with Gasteiger partial charge in [0.1, 0.15) is 90.3 Å². The number of benzene rings is 1. The van der Waals surface area contributed by atoms with Gasteiger partial charge < -0.3 is 160 Å². The Morgan fingerprint density at radius 3 is 1.30 bits per heavy atom. The van der Waals surface area contributed by atoms with E-state index in [4.69, 9.17) is 39.2 Å². The van der Waals surface area contributed by atoms with Gasteiger partial charge in [-0.3, -0.25) is 96.5 Å². The molecule has 0 radical (unpaired) electrons. The van der Waals surface area contributed by atoms with Crippen molar-refractivity contribution in [2.45, 2.75) is 222 Å². The highest BCUT2D eigenvalue weighted by Crippen LogP contribution is 2.17. The van der Waals surface area contributed by atoms with Crippen molar-refractivity contribution in [3.63, 3.8) is 0 Å². The molecular weight excluding hydrogens is 1670 g/mol. The van der Waals surface area contributed by atoms with E-state index in [-0.39, 0.29) is 61.1 Å². The molecule has 52 heteroatoms. The fourth-order valence-electron chi connectivity index (χ4n) is 11.6. The van der Waals surface area contributed by atoms with Crippen LogP contribution in [-0.2, 0) is 109 Å². The molecular formula is C74H118N24O28. The maximum Gasteiger partial charge on any atom is 0.326 e. The Morgan fingerprint density at radius 1 is 0.444 bits per heavy atom. The van der Waals surface area contributed by atoms with E-state index in [0.29, 0.717) is 0 Å². The third-order valence-electron chi connectivity index (χ3n) is 18.8. The second-order valence-electron chi connectivity index (χ2n) is 30.0. The number of guanidine groups is 1. The highest BCUT2D eigenvalue weighted by Gasteiger charge is 2.41. The number of H-pyrrole nitrogens is 1. The lowest BCUT2D eigenvalue weighted by Gasteiger charge is -2.30. The fraction of sp³-hybridized carbons (Fsp3) is 0.595. The van der Waals surface area contributed by atoms with Crippen LogP contribution in [0.4, 0.5) is 0 Å². The van der Waals surface area contributed by atoms with Gasteiger partial charge in [0.15, 0.2) is 5.96 Å². The summed E-state index contributed by atoms with van der Waals surface area (Å²) in [4.78, 5) is 274. The molecule has 1 aromatic heterocycles. The number of nitrogens with one attached hydrogen (secondary N) is 18. The van der Waals surface area contributed by atoms with Gasteiger partial charge in [-0.1, -0.05) is 60.1 Å². The maximum absolute atomic E-state index is 14.4. The maximum atomic E-state index is 14.4. The first-order valence-corrected chi connectivity index (χ1v) is 39.6. The molecule has 52 nitrogen and oxygen atoms in total. The number of aromatic hydroxyl groups is 1. The number of primary amides is 3. The van der Waals surface area contributed by atoms with Gasteiger partial charge in [-0.05, 0) is 74.5 Å². The van der Waals surface area contributed by atoms with E-state index in [2.05, 4.69) is 95.0 Å². The molecule has 1 aromatic carbocycles. The topological polar surface area (TPSA) is 878 Å². The summed E-state index contributed by atoms with van der Waals surface area (Å²) in [5.41, 5.74) is 27.6. The monoisotopic (exact) mass is 1790 g/mol. The van der Waals surface area contributed by atoms with E-state index >= 15 is 0 Å². The van der Waals surface area contributed by atoms with Crippen molar-refractivity contribution < 1.29 is 137 Å². The van der Waals surface area contributed by atoms with Crippen LogP contribution in [0.15, 0.2) is 36.8 Å². The van der Waals surface area contributed by atoms with Crippen LogP contribution in [0, 0.1) is 23.2 Å². The van der Waals surface area contributed by atoms with Crippen LogP contribution in [0.1, 0.15) is 124 Å². The quantitative estimate of drug-likeness (QED) is 0.0166. The zero-order valence-electron chi connectivity index (χ0n) is 70.2. The summed E-state index contributed by atoms with van der Waals surface area (Å²) in [6.07, 6.45) is -4.45. The van der Waals surface area contributed by atoms with Crippen molar-refractivity contribution in [3.8, 4) is 5.75 Å². The summed E-state index contributed by atoms with van der Waals surface area (Å²) in [6, 6.07) is -21.6. The molecule has 0 saturated heterocycles. The first-order valence-electron chi connectivity index (χ1n) is 39.6. The van der Waals surface area contributed by atoms with Gasteiger partial charge in [0.2, 0.25) is 106 Å². The van der Waals surface area contributed by atoms with Crippen LogP contribution in [-0.4, -0.2) is 311 Å². The Labute approximate surface area is 720 Å². The van der Waals surface area contributed by atoms with Crippen LogP contribution >= 0.6 is 0 Å². The van der Waals surface area contributed by atoms with Gasteiger partial charge in [0.25, 0.3) is 0 Å². The van der Waals surface area contributed by atoms with Crippen LogP contribution in [0.25, 0.3) is 0 Å². The second-order valence-corrected chi connectivity index (χ2v) is 30.0. The number of rotatable bonds is 59. The van der Waals surface area contributed by atoms with Gasteiger partial charge in [-0.2, -0.15) is 0 Å². The molecule has 0 bridgehead atoms. The SMILES string of the molecule is CC[C@H](C)[C@H](NC(=O)[C@H](CO)NC(=O)[C@H](CCC(N)=O)NC(=O)[C@H](CO)NC(=O)[C@H](CO)NC(=O)[C@@H](N)CCCNC(=N)N)C(=O)N[C@H](C(=O)N[C@@H](Cc1c[nH]cn1)C(=O)N[C@@H](CO)C(=O)N[C@@H](CC(N)=O)C(=O)NCC(=O)N[C@@H](CC(N)=O)C(=O)N[C@H](C(=O)N[C@@H](Cc1ccc(O)cc1)C(=O)N[C@@H](CC(C)C)C(=O)N[C@@H](CCC(=O)O)C(=O)O)[C@@H](C)O)C(C)C. The Bertz CT molecular complexity index is 4100. The summed E-state index contributed by atoms with van der Waals surface area (Å²) in [5, 5.41) is 124. The third kappa shape index (κ3) is 39.5. The molecule has 702 valence electrons. The third-order valence-corrected chi connectivity index (χ3v) is 18.8. The van der Waals surface area contributed by atoms with Crippen molar-refractivity contribution in [1.82, 2.24) is 95.0 Å². The lowest BCUT2D eigenvalue weighted by Crippen LogP contribution is -2.63. The number of carbonyl (C=O) groups excluding carboxylic acids is 18. The molecule has 0 spiro atoms. The number of hydrogen-bond donors (Lipinski definition) is 31. The minimum absolute atomic E-state index is 0.0328. The average molecular weight is 1790 g/mol. The number of phenols is 1. The van der Waals surface area contributed by atoms with E-state index in [1.54, 1.807) is 20.8 Å². The fourth-order valence-corrected chi connectivity index (χ4v) is 11.6. The number of carbonyl (C=O) groups is 20. The van der Waals surface area contributed by atoms with Gasteiger partial charge in [-0.15, -0.1) is 0 Å². The minimum Gasteiger partial charge on any atom is -0.508 e. The number of aromatic nitrogens is 2. The van der Waals surface area contributed by atoms with Crippen molar-refractivity contribution >= 4 is 124 Å². The largest absolute Gasteiger partial charge is 0.508 e. The van der Waals surface area contributed by atoms with Crippen LogP contribution in [0.2, 0.25) is 0 Å². The van der Waals surface area contributed by atoms with Gasteiger partial charge in [0, 0.05) is 38.4 Å². The molecule has 2 rings (SSSR count). The van der Waals surface area contributed by atoms with Gasteiger partial charge >= 0.3 is 11.9 Å². The van der Waals surface area contributed by atoms with E-state index in [1.165, 1.54) is 57.6 Å². The van der Waals surface area contributed by atoms with Crippen LogP contribution in [0.3, 0.4) is 0 Å². The summed E-state index contributed by atoms with van der Waals surface area (Å²) in [5.74, 6) is -27.3. The van der Waals surface area contributed by atoms with E-state index in [0.717, 1.165) is 6.92 Å². The zero-order valence-corrected chi connectivity index (χ0v) is 70.2. The van der Waals surface area contributed by atoms with Gasteiger partial charge in [-0.25, -0.2) is 9.78 Å². The number of aliphatic carboxylic acids is 2. The molecule has 0 aliphatic rings. The predicted molar refractivity (Wildman–Crippen MR) is 436 cm³/mol. The lowest BCUT2D eigenvalue weighted by molar-refractivity contribution is -0.143. The number of nitrogens with zero attached hydrogens (tertiary/aromatic N) is 1. The van der Waals surface area contributed by atoms with Gasteiger partial charge in [0.05, 0.1) is 70.0 Å². The predicted octanol–water partition coefficient (Wildman–Crippen LogP) is -13.5. The molecule has 0 unspecified atom stereocenters. The minimum atomic E-state index is -2.06. The van der Waals surface area contributed by atoms with E-state index < -0.39 is 311 Å². The molecule has 126 heavy (non-hydrogen) atoms. The highest BCUT2D eigenvalue weighted by atomic mass is 16.4. The number of aliphatic hydroxyl groups is 5. The van der Waals surface area contributed by atoms with Crippen LogP contribution in [0.5, 0.6) is 5.75 Å². The summed E-state index contributed by atoms with van der Waals surface area (Å²) < 4.78 is 0. The second kappa shape index (κ2) is 55.0. The number of carboxylic acid groups (broad SMARTS) is 2. The van der Waals surface area contributed by atoms with Crippen molar-refractivity contribution in [1.29, 1.82) is 5.41 Å². The standard InChI is InChI=1S/C74H118N24O28/c1-8-34(6)57(97-69(121)50(30-102)93-61(113)40(15-17-51(76)105)86-66(118)48(28-100)95-68(120)47(27-99)92-59(111)39(75)10-9-19-82-74(79)80)71(123)96-56(33(4)5)70(122)91-44(22-37-25-81-31-84-37)64(116)94-49(29-101)67(119)89-45(23-52(77)106)60(112)83-26-54(108)85-46(24-53(78)107)65(117)98-58(35(7)103)72(124)90-43(21-36-11-13-38(104)14-12-36)63(115)88-42(20-32(2)3)62(114)87-41(73(125)126)16-18-55(109)110/h11-14,25,31-35,39-50,56-58,99-104H,8-10,15-24,26-30,75H2,1-7H3,(H2,76,105)(H2,77,106)(H2,78,107)(H,81,84)(H,83,112)(H,85,108)(H,86,118)(H,87,114)(H,88,115)(H,89,119)(H,90,124)(H,91,122)(H,92,111)(H,93,113)(H,94,116)(H,95,120)(H,96,123)(H,97,121)(H,98,117)(H,109,110)(H,125,126)(H4,79,80,82)/t34-,35+,39-,40-,41-,42-,43-,44-,45-,46-,47-,48-,49-,50-,56-,57-,58-/m0/s1. The number of imidazole rings is 1. The number of aliphatic hydroxyl groups excluding tert-OH is 5. The molecule has 0 saturated carbocycles. The Morgan fingerprint density at radius 2 is 0.849 bits per heavy atom. The number of carboxylic acids is 2. The molecule has 17 atom stereocenters. The molecule has 18 amide bonds. The summed E-state index contributed by atoms with van der Waals surface area (Å²) >= 11 is 0. The number of nitrogens with two attached hydrogens (primary N) is 5. The Kier molecular flexibility index (Phi) is 47.5. The molecule has 2 aromatic rings. The normalized spacial score (nSPS) is 15.1. The van der Waals surface area contributed by atoms with Crippen LogP contribution < -0.4 is 114 Å². The van der Waals surface area contributed by atoms with E-state index in [1.807, 2.05) is 0 Å². The molecule has 0 aliphatic carbocycles. The Hall–Kier alpha value is -13.3. The first-order chi connectivity index (χ1) is 59.1. The number of phenolic OH excluding ortho intramolecular Hbond substituents is 1. The molecule has 1 heterocycles. The zero-order chi connectivity index (χ0) is 95.5. The summed E-state index contributed by atoms with van der Waals surface area (Å²) in [7, 11) is 0. The smallest absolute Gasteiger partial charge is 0.326 e. The number of aromatic amines is 1. The number of hydrogen-bond acceptors (Lipinski definition) is 29. The van der Waals surface area contributed by atoms with Crippen molar-refractivity contribution in [2.75, 3.05) is 39.5 Å². The van der Waals surface area contributed by atoms with E-state index in [9.17, 15) is 132 Å². The first kappa shape index (κ1) is 109. The Balaban J connectivity index is 2.36. The molecule has 0 aliphatic heterocycles. The lowest BCUT2D eigenvalue weighted by atomic mass is 9.96. The molecule has 0 fully saturated rings. The highest BCUT2D eigenvalue weighted by molar-refractivity contribution is 6.02. The van der Waals surface area contributed by atoms with Crippen molar-refractivity contribution in [3.05, 3.63) is 48.0 Å².